The molecule has 1 aliphatic rings. The maximum Gasteiger partial charge on any atom is 0.405 e. The Bertz CT molecular complexity index is 571. The molecule has 1 fully saturated rings. The van der Waals surface area contributed by atoms with Crippen LogP contribution < -0.4 is 10.6 Å². The molecule has 5 nitrogen and oxygen atoms in total. The first kappa shape index (κ1) is 19.7. The second-order valence-corrected chi connectivity index (χ2v) is 6.49. The lowest BCUT2D eigenvalue weighted by Gasteiger charge is -2.35. The van der Waals surface area contributed by atoms with Gasteiger partial charge in [-0.15, -0.1) is 0 Å². The summed E-state index contributed by atoms with van der Waals surface area (Å²) in [5.74, 6) is -0.481. The fourth-order valence-electron chi connectivity index (χ4n) is 2.91. The molecule has 0 radical (unpaired) electrons. The van der Waals surface area contributed by atoms with Crippen molar-refractivity contribution in [1.82, 2.24) is 20.4 Å². The molecule has 2 N–H and O–H groups in total. The Balaban J connectivity index is 2.00. The number of carbonyl (C=O) groups excluding carboxylic acids is 1. The van der Waals surface area contributed by atoms with Crippen molar-refractivity contribution in [2.45, 2.75) is 18.8 Å². The van der Waals surface area contributed by atoms with Crippen molar-refractivity contribution in [2.75, 3.05) is 46.8 Å². The summed E-state index contributed by atoms with van der Waals surface area (Å²) in [5, 5.41) is 5.48. The van der Waals surface area contributed by atoms with Gasteiger partial charge in [0.15, 0.2) is 0 Å². The summed E-state index contributed by atoms with van der Waals surface area (Å²) in [6, 6.07) is 5.29. The van der Waals surface area contributed by atoms with E-state index < -0.39 is 24.7 Å². The van der Waals surface area contributed by atoms with Crippen molar-refractivity contribution in [3.63, 3.8) is 0 Å². The molecule has 1 amide bonds. The number of nitrogens with one attached hydrogen (secondary N) is 2. The van der Waals surface area contributed by atoms with Crippen LogP contribution in [0.4, 0.5) is 13.2 Å². The molecule has 0 aromatic heterocycles. The number of hydrogen-bond acceptors (Lipinski definition) is 4. The Hall–Kier alpha value is -1.64. The molecule has 140 valence electrons. The molecule has 1 unspecified atom stereocenters. The summed E-state index contributed by atoms with van der Waals surface area (Å²) in [7, 11) is 3.82. The largest absolute Gasteiger partial charge is 0.405 e. The second-order valence-electron chi connectivity index (χ2n) is 6.49. The average Bonchev–Trinajstić information content (AvgIpc) is 2.54. The van der Waals surface area contributed by atoms with E-state index in [0.717, 1.165) is 5.56 Å². The van der Waals surface area contributed by atoms with E-state index in [1.807, 2.05) is 25.1 Å². The van der Waals surface area contributed by atoms with E-state index >= 15 is 0 Å². The van der Waals surface area contributed by atoms with Crippen LogP contribution in [0.15, 0.2) is 24.3 Å². The summed E-state index contributed by atoms with van der Waals surface area (Å²) in [6.07, 6.45) is -4.38. The molecule has 1 saturated heterocycles. The number of carbonyl (C=O) groups is 1. The SMILES string of the molecule is CN(C)Cc1cccc(C(=O)NCC(N2CCNCC2)C(F)(F)F)c1. The van der Waals surface area contributed by atoms with E-state index in [-0.39, 0.29) is 0 Å². The maximum atomic E-state index is 13.3. The first-order chi connectivity index (χ1) is 11.8. The monoisotopic (exact) mass is 358 g/mol. The van der Waals surface area contributed by atoms with Crippen LogP contribution in [-0.2, 0) is 6.54 Å². The standard InChI is InChI=1S/C17H25F3N4O/c1-23(2)12-13-4-3-5-14(10-13)16(25)22-11-15(17(18,19)20)24-8-6-21-7-9-24/h3-5,10,15,21H,6-9,11-12H2,1-2H3,(H,22,25). The molecule has 0 bridgehead atoms. The predicted molar refractivity (Wildman–Crippen MR) is 90.5 cm³/mol. The van der Waals surface area contributed by atoms with Gasteiger partial charge in [-0.05, 0) is 31.8 Å². The van der Waals surface area contributed by atoms with Gasteiger partial charge in [0.05, 0.1) is 0 Å². The lowest BCUT2D eigenvalue weighted by molar-refractivity contribution is -0.183. The van der Waals surface area contributed by atoms with E-state index in [4.69, 9.17) is 0 Å². The number of benzene rings is 1. The van der Waals surface area contributed by atoms with Crippen LogP contribution in [0.3, 0.4) is 0 Å². The number of hydrogen-bond donors (Lipinski definition) is 2. The van der Waals surface area contributed by atoms with E-state index in [0.29, 0.717) is 38.3 Å². The van der Waals surface area contributed by atoms with Crippen LogP contribution in [0, 0.1) is 0 Å². The third-order valence-corrected chi connectivity index (χ3v) is 4.11. The summed E-state index contributed by atoms with van der Waals surface area (Å²) >= 11 is 0. The van der Waals surface area contributed by atoms with Crippen LogP contribution in [0.5, 0.6) is 0 Å². The maximum absolute atomic E-state index is 13.3. The lowest BCUT2D eigenvalue weighted by Crippen LogP contribution is -2.57. The highest BCUT2D eigenvalue weighted by molar-refractivity contribution is 5.94. The minimum atomic E-state index is -4.38. The summed E-state index contributed by atoms with van der Waals surface area (Å²) in [6.45, 7) is 1.89. The molecule has 2 rings (SSSR count). The number of alkyl halides is 3. The molecule has 1 aliphatic heterocycles. The Kier molecular flexibility index (Phi) is 6.80. The van der Waals surface area contributed by atoms with Crippen molar-refractivity contribution in [3.05, 3.63) is 35.4 Å². The van der Waals surface area contributed by atoms with Crippen LogP contribution in [0.2, 0.25) is 0 Å². The lowest BCUT2D eigenvalue weighted by atomic mass is 10.1. The topological polar surface area (TPSA) is 47.6 Å². The van der Waals surface area contributed by atoms with E-state index in [1.165, 1.54) is 4.90 Å². The molecule has 25 heavy (non-hydrogen) atoms. The van der Waals surface area contributed by atoms with Crippen LogP contribution >= 0.6 is 0 Å². The first-order valence-corrected chi connectivity index (χ1v) is 8.30. The molecular weight excluding hydrogens is 333 g/mol. The molecule has 0 saturated carbocycles. The fourth-order valence-corrected chi connectivity index (χ4v) is 2.91. The zero-order chi connectivity index (χ0) is 18.4. The third-order valence-electron chi connectivity index (χ3n) is 4.11. The predicted octanol–water partition coefficient (Wildman–Crippen LogP) is 1.31. The second kappa shape index (κ2) is 8.64. The summed E-state index contributed by atoms with van der Waals surface area (Å²) in [4.78, 5) is 15.6. The highest BCUT2D eigenvalue weighted by Gasteiger charge is 2.43. The van der Waals surface area contributed by atoms with Crippen molar-refractivity contribution < 1.29 is 18.0 Å². The molecule has 8 heteroatoms. The number of nitrogens with zero attached hydrogens (tertiary/aromatic N) is 2. The van der Waals surface area contributed by atoms with Crippen molar-refractivity contribution in [2.24, 2.45) is 0 Å². The number of amides is 1. The number of halogens is 3. The Morgan fingerprint density at radius 2 is 2.00 bits per heavy atom. The zero-order valence-electron chi connectivity index (χ0n) is 14.6. The molecule has 0 spiro atoms. The van der Waals surface area contributed by atoms with Gasteiger partial charge in [0, 0.05) is 44.8 Å². The normalized spacial score (nSPS) is 17.5. The molecular formula is C17H25F3N4O. The smallest absolute Gasteiger partial charge is 0.350 e. The number of piperazine rings is 1. The molecule has 1 atom stereocenters. The van der Waals surface area contributed by atoms with Gasteiger partial charge in [0.2, 0.25) is 0 Å². The average molecular weight is 358 g/mol. The highest BCUT2D eigenvalue weighted by atomic mass is 19.4. The Morgan fingerprint density at radius 1 is 1.32 bits per heavy atom. The van der Waals surface area contributed by atoms with Gasteiger partial charge in [0.25, 0.3) is 5.91 Å². The fraction of sp³-hybridized carbons (Fsp3) is 0.588. The third kappa shape index (κ3) is 5.98. The van der Waals surface area contributed by atoms with E-state index in [9.17, 15) is 18.0 Å². The van der Waals surface area contributed by atoms with Crippen LogP contribution in [0.25, 0.3) is 0 Å². The van der Waals surface area contributed by atoms with Crippen molar-refractivity contribution in [1.29, 1.82) is 0 Å². The van der Waals surface area contributed by atoms with Gasteiger partial charge < -0.3 is 15.5 Å². The quantitative estimate of drug-likeness (QED) is 0.805. The van der Waals surface area contributed by atoms with E-state index in [2.05, 4.69) is 10.6 Å². The Morgan fingerprint density at radius 3 is 2.60 bits per heavy atom. The van der Waals surface area contributed by atoms with Gasteiger partial charge >= 0.3 is 6.18 Å². The van der Waals surface area contributed by atoms with Gasteiger partial charge in [-0.1, -0.05) is 12.1 Å². The summed E-state index contributed by atoms with van der Waals surface area (Å²) < 4.78 is 40.0. The van der Waals surface area contributed by atoms with E-state index in [1.54, 1.807) is 18.2 Å². The molecule has 1 aromatic carbocycles. The van der Waals surface area contributed by atoms with Gasteiger partial charge in [-0.2, -0.15) is 13.2 Å². The minimum absolute atomic E-state index is 0.318. The van der Waals surface area contributed by atoms with Gasteiger partial charge in [-0.25, -0.2) is 0 Å². The highest BCUT2D eigenvalue weighted by Crippen LogP contribution is 2.24. The van der Waals surface area contributed by atoms with Crippen molar-refractivity contribution in [3.8, 4) is 0 Å². The van der Waals surface area contributed by atoms with Crippen molar-refractivity contribution >= 4 is 5.91 Å². The minimum Gasteiger partial charge on any atom is -0.350 e. The van der Waals surface area contributed by atoms with Gasteiger partial charge in [-0.3, -0.25) is 9.69 Å². The first-order valence-electron chi connectivity index (χ1n) is 8.30. The number of rotatable bonds is 6. The van der Waals surface area contributed by atoms with Crippen LogP contribution in [-0.4, -0.2) is 74.7 Å². The Labute approximate surface area is 146 Å². The molecule has 1 heterocycles. The molecule has 1 aromatic rings. The van der Waals surface area contributed by atoms with Crippen LogP contribution in [0.1, 0.15) is 15.9 Å². The summed E-state index contributed by atoms with van der Waals surface area (Å²) in [5.41, 5.74) is 1.31. The zero-order valence-corrected chi connectivity index (χ0v) is 14.6. The molecule has 0 aliphatic carbocycles. The van der Waals surface area contributed by atoms with Gasteiger partial charge in [0.1, 0.15) is 6.04 Å².